The molecule has 5 nitrogen and oxygen atoms in total. The van der Waals surface area contributed by atoms with Gasteiger partial charge in [0.25, 0.3) is 0 Å². The Morgan fingerprint density at radius 2 is 1.43 bits per heavy atom. The summed E-state index contributed by atoms with van der Waals surface area (Å²) in [6, 6.07) is 20.6. The van der Waals surface area contributed by atoms with E-state index in [2.05, 4.69) is 0 Å². The summed E-state index contributed by atoms with van der Waals surface area (Å²) in [7, 11) is 1.88. The fourth-order valence-electron chi connectivity index (χ4n) is 3.60. The monoisotopic (exact) mass is 472 g/mol. The number of allylic oxidation sites excluding steroid dienone is 1. The van der Waals surface area contributed by atoms with E-state index in [4.69, 9.17) is 9.47 Å². The van der Waals surface area contributed by atoms with Crippen molar-refractivity contribution in [2.24, 2.45) is 7.05 Å². The Bertz CT molecular complexity index is 1090. The summed E-state index contributed by atoms with van der Waals surface area (Å²) in [6.07, 6.45) is 13.4. The Balaban J connectivity index is 1.21. The number of esters is 1. The zero-order valence-corrected chi connectivity index (χ0v) is 20.4. The lowest BCUT2D eigenvalue weighted by Crippen LogP contribution is -2.28. The summed E-state index contributed by atoms with van der Waals surface area (Å²) in [4.78, 5) is 24.1. The van der Waals surface area contributed by atoms with Crippen molar-refractivity contribution in [1.82, 2.24) is 0 Å². The molecule has 0 N–H and O–H groups in total. The number of nitrogens with zero attached hydrogens (tertiary/aromatic N) is 1. The molecule has 0 spiro atoms. The number of ketones is 1. The molecule has 0 aliphatic rings. The van der Waals surface area contributed by atoms with Gasteiger partial charge in [-0.25, -0.2) is 9.36 Å². The summed E-state index contributed by atoms with van der Waals surface area (Å²) in [5.74, 6) is 0.571. The van der Waals surface area contributed by atoms with Gasteiger partial charge in [0.15, 0.2) is 18.2 Å². The number of benzene rings is 2. The van der Waals surface area contributed by atoms with Crippen molar-refractivity contribution in [2.45, 2.75) is 38.5 Å². The Morgan fingerprint density at radius 1 is 0.771 bits per heavy atom. The van der Waals surface area contributed by atoms with Crippen molar-refractivity contribution in [3.05, 3.63) is 102 Å². The lowest BCUT2D eigenvalue weighted by molar-refractivity contribution is -0.671. The highest BCUT2D eigenvalue weighted by Gasteiger charge is 2.10. The van der Waals surface area contributed by atoms with E-state index in [0.29, 0.717) is 24.3 Å². The summed E-state index contributed by atoms with van der Waals surface area (Å²) < 4.78 is 13.0. The molecule has 0 aliphatic carbocycles. The molecule has 0 unspecified atom stereocenters. The molecule has 3 rings (SSSR count). The van der Waals surface area contributed by atoms with E-state index in [1.54, 1.807) is 18.3 Å². The molecular formula is C30H34NO4+. The minimum Gasteiger partial charge on any atom is -0.494 e. The summed E-state index contributed by atoms with van der Waals surface area (Å²) >= 11 is 0. The molecule has 0 radical (unpaired) electrons. The number of carbonyl (C=O) groups is 2. The number of pyridine rings is 1. The highest BCUT2D eigenvalue weighted by molar-refractivity contribution is 6.06. The van der Waals surface area contributed by atoms with Crippen LogP contribution in [0.4, 0.5) is 0 Å². The van der Waals surface area contributed by atoms with E-state index in [9.17, 15) is 9.59 Å². The molecule has 0 fully saturated rings. The van der Waals surface area contributed by atoms with Crippen LogP contribution in [0.2, 0.25) is 0 Å². The molecule has 3 aromatic rings. The highest BCUT2D eigenvalue weighted by atomic mass is 16.5. The number of ether oxygens (including phenoxy) is 2. The number of hydrogen-bond acceptors (Lipinski definition) is 4. The third kappa shape index (κ3) is 9.57. The van der Waals surface area contributed by atoms with Crippen molar-refractivity contribution in [2.75, 3.05) is 13.2 Å². The fraction of sp³-hybridized carbons (Fsp3) is 0.300. The average molecular weight is 473 g/mol. The number of carbonyl (C=O) groups excluding carboxylic acids is 2. The highest BCUT2D eigenvalue weighted by Crippen LogP contribution is 2.15. The van der Waals surface area contributed by atoms with Gasteiger partial charge >= 0.3 is 5.97 Å². The minimum atomic E-state index is -0.261. The third-order valence-electron chi connectivity index (χ3n) is 5.58. The SMILES string of the molecule is C[n+]1cccc(C(=O)OCCCCCCCCOc2ccc(/C=C/C(=O)c3ccccc3)cc2)c1. The lowest BCUT2D eigenvalue weighted by Gasteiger charge is -2.07. The second kappa shape index (κ2) is 14.5. The van der Waals surface area contributed by atoms with Gasteiger partial charge in [0, 0.05) is 11.6 Å². The quantitative estimate of drug-likeness (QED) is 0.0952. The second-order valence-corrected chi connectivity index (χ2v) is 8.50. The smallest absolute Gasteiger partial charge is 0.344 e. The first-order valence-corrected chi connectivity index (χ1v) is 12.2. The van der Waals surface area contributed by atoms with Crippen molar-refractivity contribution < 1.29 is 23.6 Å². The predicted octanol–water partition coefficient (Wildman–Crippen LogP) is 5.98. The van der Waals surface area contributed by atoms with Gasteiger partial charge < -0.3 is 9.47 Å². The largest absolute Gasteiger partial charge is 0.494 e. The maximum absolute atomic E-state index is 12.1. The minimum absolute atomic E-state index is 0.00613. The third-order valence-corrected chi connectivity index (χ3v) is 5.58. The van der Waals surface area contributed by atoms with Crippen LogP contribution in [0, 0.1) is 0 Å². The van der Waals surface area contributed by atoms with Crippen molar-refractivity contribution >= 4 is 17.8 Å². The zero-order chi connectivity index (χ0) is 24.7. The van der Waals surface area contributed by atoms with Crippen LogP contribution in [0.3, 0.4) is 0 Å². The van der Waals surface area contributed by atoms with E-state index < -0.39 is 0 Å². The molecule has 0 bridgehead atoms. The Labute approximate surface area is 208 Å². The predicted molar refractivity (Wildman–Crippen MR) is 137 cm³/mol. The van der Waals surface area contributed by atoms with E-state index in [1.165, 1.54) is 0 Å². The number of unbranched alkanes of at least 4 members (excludes halogenated alkanes) is 5. The summed E-state index contributed by atoms with van der Waals surface area (Å²) in [5, 5.41) is 0. The van der Waals surface area contributed by atoms with Gasteiger partial charge in [-0.3, -0.25) is 4.79 Å². The molecule has 1 heterocycles. The van der Waals surface area contributed by atoms with Crippen LogP contribution in [-0.4, -0.2) is 25.0 Å². The second-order valence-electron chi connectivity index (χ2n) is 8.50. The van der Waals surface area contributed by atoms with Gasteiger partial charge in [0.1, 0.15) is 18.4 Å². The van der Waals surface area contributed by atoms with Crippen LogP contribution < -0.4 is 9.30 Å². The normalized spacial score (nSPS) is 10.9. The molecule has 182 valence electrons. The maximum Gasteiger partial charge on any atom is 0.344 e. The molecule has 2 aromatic carbocycles. The molecule has 5 heteroatoms. The first-order chi connectivity index (χ1) is 17.1. The molecule has 0 atom stereocenters. The van der Waals surface area contributed by atoms with E-state index in [0.717, 1.165) is 49.8 Å². The number of rotatable bonds is 14. The van der Waals surface area contributed by atoms with Crippen LogP contribution >= 0.6 is 0 Å². The first-order valence-electron chi connectivity index (χ1n) is 12.2. The van der Waals surface area contributed by atoms with Gasteiger partial charge in [-0.1, -0.05) is 74.2 Å². The van der Waals surface area contributed by atoms with Gasteiger partial charge in [0.05, 0.1) is 13.2 Å². The van der Waals surface area contributed by atoms with Crippen molar-refractivity contribution in [1.29, 1.82) is 0 Å². The van der Waals surface area contributed by atoms with Crippen LogP contribution in [0.25, 0.3) is 6.08 Å². The van der Waals surface area contributed by atoms with E-state index >= 15 is 0 Å². The maximum atomic E-state index is 12.1. The molecule has 0 saturated heterocycles. The standard InChI is InChI=1S/C30H34NO4/c1-31-21-11-14-27(24-31)30(33)35-23-10-5-3-2-4-9-22-34-28-18-15-25(16-19-28)17-20-29(32)26-12-7-6-8-13-26/h6-8,11-21,24H,2-5,9-10,22-23H2,1H3/q+1/b20-17+. The van der Waals surface area contributed by atoms with Crippen LogP contribution in [-0.2, 0) is 11.8 Å². The van der Waals surface area contributed by atoms with E-state index in [-0.39, 0.29) is 11.8 Å². The molecule has 35 heavy (non-hydrogen) atoms. The molecule has 1 aromatic heterocycles. The zero-order valence-electron chi connectivity index (χ0n) is 20.4. The molecular weight excluding hydrogens is 438 g/mol. The van der Waals surface area contributed by atoms with Gasteiger partial charge in [0.2, 0.25) is 0 Å². The summed E-state index contributed by atoms with van der Waals surface area (Å²) in [5.41, 5.74) is 2.23. The molecule has 0 saturated carbocycles. The van der Waals surface area contributed by atoms with Gasteiger partial charge in [-0.2, -0.15) is 0 Å². The Morgan fingerprint density at radius 3 is 2.14 bits per heavy atom. The van der Waals surface area contributed by atoms with Crippen LogP contribution in [0.15, 0.2) is 85.2 Å². The average Bonchev–Trinajstić information content (AvgIpc) is 2.89. The van der Waals surface area contributed by atoms with Crippen molar-refractivity contribution in [3.8, 4) is 5.75 Å². The number of aryl methyl sites for hydroxylation is 1. The van der Waals surface area contributed by atoms with Gasteiger partial charge in [-0.15, -0.1) is 0 Å². The Hall–Kier alpha value is -3.73. The van der Waals surface area contributed by atoms with Gasteiger partial charge in [-0.05, 0) is 42.7 Å². The first kappa shape index (κ1) is 25.9. The Kier molecular flexibility index (Phi) is 10.7. The lowest BCUT2D eigenvalue weighted by atomic mass is 10.1. The van der Waals surface area contributed by atoms with Crippen molar-refractivity contribution in [3.63, 3.8) is 0 Å². The van der Waals surface area contributed by atoms with E-state index in [1.807, 2.05) is 84.6 Å². The van der Waals surface area contributed by atoms with Crippen LogP contribution in [0.5, 0.6) is 5.75 Å². The molecule has 0 amide bonds. The number of hydrogen-bond donors (Lipinski definition) is 0. The topological polar surface area (TPSA) is 56.5 Å². The number of aromatic nitrogens is 1. The fourth-order valence-corrected chi connectivity index (χ4v) is 3.60. The van der Waals surface area contributed by atoms with Crippen LogP contribution in [0.1, 0.15) is 64.8 Å². The summed E-state index contributed by atoms with van der Waals surface area (Å²) in [6.45, 7) is 1.15. The molecule has 0 aliphatic heterocycles.